The molecule has 0 unspecified atom stereocenters. The molecule has 0 amide bonds. The summed E-state index contributed by atoms with van der Waals surface area (Å²) < 4.78 is 9.87. The van der Waals surface area contributed by atoms with E-state index in [1.807, 2.05) is 18.2 Å². The lowest BCUT2D eigenvalue weighted by Gasteiger charge is -2.19. The van der Waals surface area contributed by atoms with Crippen LogP contribution in [0, 0.1) is 11.8 Å². The number of rotatable bonds is 16. The van der Waals surface area contributed by atoms with E-state index in [1.165, 1.54) is 0 Å². The molecule has 0 aromatic heterocycles. The van der Waals surface area contributed by atoms with Crippen molar-refractivity contribution in [1.29, 1.82) is 0 Å². The minimum atomic E-state index is -0.609. The van der Waals surface area contributed by atoms with Gasteiger partial charge in [-0.05, 0) is 38.5 Å². The molecule has 0 aromatic rings. The van der Waals surface area contributed by atoms with E-state index in [-0.39, 0.29) is 37.4 Å². The number of aliphatic hydroxyl groups excluding tert-OH is 3. The summed E-state index contributed by atoms with van der Waals surface area (Å²) in [6.07, 6.45) is 12.3. The minimum absolute atomic E-state index is 0.0122. The number of ether oxygens (including phenoxy) is 2. The highest BCUT2D eigenvalue weighted by atomic mass is 16.6. The molecule has 0 saturated heterocycles. The SMILES string of the molecule is C=C(C)C(=O)OCCOC(=O)CCC/C=C\C[C@@H]1[C@@H](/C=C/[C@@H](O)CCCCC)[C@H](O)C[C@@H]1O. The van der Waals surface area contributed by atoms with E-state index < -0.39 is 24.3 Å². The van der Waals surface area contributed by atoms with Gasteiger partial charge in [0.25, 0.3) is 0 Å². The summed E-state index contributed by atoms with van der Waals surface area (Å²) in [7, 11) is 0. The fraction of sp³-hybridized carbons (Fsp3) is 0.692. The molecule has 0 spiro atoms. The quantitative estimate of drug-likeness (QED) is 0.138. The van der Waals surface area contributed by atoms with Crippen LogP contribution in [0.2, 0.25) is 0 Å². The number of allylic oxidation sites excluding steroid dienone is 2. The Balaban J connectivity index is 2.29. The molecule has 33 heavy (non-hydrogen) atoms. The van der Waals surface area contributed by atoms with Gasteiger partial charge in [0.15, 0.2) is 0 Å². The molecule has 0 aromatic carbocycles. The molecule has 7 nitrogen and oxygen atoms in total. The normalized spacial score (nSPS) is 23.8. The van der Waals surface area contributed by atoms with Crippen molar-refractivity contribution in [3.8, 4) is 0 Å². The number of carbonyl (C=O) groups excluding carboxylic acids is 2. The predicted molar refractivity (Wildman–Crippen MR) is 127 cm³/mol. The van der Waals surface area contributed by atoms with Crippen molar-refractivity contribution in [2.75, 3.05) is 13.2 Å². The third kappa shape index (κ3) is 12.2. The molecule has 188 valence electrons. The van der Waals surface area contributed by atoms with Crippen molar-refractivity contribution in [2.24, 2.45) is 11.8 Å². The summed E-state index contributed by atoms with van der Waals surface area (Å²) in [5.74, 6) is -1.12. The third-order valence-corrected chi connectivity index (χ3v) is 5.83. The molecular weight excluding hydrogens is 424 g/mol. The molecule has 7 heteroatoms. The number of aliphatic hydroxyl groups is 3. The minimum Gasteiger partial charge on any atom is -0.462 e. The second-order valence-electron chi connectivity index (χ2n) is 8.80. The highest BCUT2D eigenvalue weighted by Gasteiger charge is 2.39. The smallest absolute Gasteiger partial charge is 0.333 e. The van der Waals surface area contributed by atoms with Crippen LogP contribution in [0.15, 0.2) is 36.5 Å². The van der Waals surface area contributed by atoms with E-state index in [4.69, 9.17) is 9.47 Å². The first-order valence-corrected chi connectivity index (χ1v) is 12.1. The van der Waals surface area contributed by atoms with Crippen LogP contribution in [0.4, 0.5) is 0 Å². The van der Waals surface area contributed by atoms with Crippen LogP contribution in [0.3, 0.4) is 0 Å². The van der Waals surface area contributed by atoms with Crippen LogP contribution in [0.1, 0.15) is 71.6 Å². The molecule has 3 N–H and O–H groups in total. The lowest BCUT2D eigenvalue weighted by Crippen LogP contribution is -2.20. The first-order valence-electron chi connectivity index (χ1n) is 12.1. The van der Waals surface area contributed by atoms with Gasteiger partial charge in [-0.3, -0.25) is 4.79 Å². The van der Waals surface area contributed by atoms with Crippen LogP contribution in [-0.2, 0) is 19.1 Å². The van der Waals surface area contributed by atoms with Gasteiger partial charge < -0.3 is 24.8 Å². The van der Waals surface area contributed by atoms with Crippen LogP contribution in [0.5, 0.6) is 0 Å². The van der Waals surface area contributed by atoms with Gasteiger partial charge >= 0.3 is 11.9 Å². The van der Waals surface area contributed by atoms with Crippen LogP contribution < -0.4 is 0 Å². The topological polar surface area (TPSA) is 113 Å². The van der Waals surface area contributed by atoms with Gasteiger partial charge in [0.05, 0.1) is 18.3 Å². The summed E-state index contributed by atoms with van der Waals surface area (Å²) in [6, 6.07) is 0. The van der Waals surface area contributed by atoms with Gasteiger partial charge in [-0.2, -0.15) is 0 Å². The first kappa shape index (κ1) is 29.1. The number of hydrogen-bond donors (Lipinski definition) is 3. The molecule has 0 bridgehead atoms. The largest absolute Gasteiger partial charge is 0.462 e. The Bertz CT molecular complexity index is 655. The fourth-order valence-corrected chi connectivity index (χ4v) is 3.88. The number of hydrogen-bond acceptors (Lipinski definition) is 7. The maximum atomic E-state index is 11.7. The molecule has 0 heterocycles. The van der Waals surface area contributed by atoms with Crippen molar-refractivity contribution < 1.29 is 34.4 Å². The summed E-state index contributed by atoms with van der Waals surface area (Å²) >= 11 is 0. The zero-order valence-electron chi connectivity index (χ0n) is 20.2. The molecule has 1 rings (SSSR count). The Morgan fingerprint density at radius 1 is 1.09 bits per heavy atom. The van der Waals surface area contributed by atoms with Crippen LogP contribution in [0.25, 0.3) is 0 Å². The maximum Gasteiger partial charge on any atom is 0.333 e. The van der Waals surface area contributed by atoms with Crippen molar-refractivity contribution in [1.82, 2.24) is 0 Å². The zero-order chi connectivity index (χ0) is 24.6. The second kappa shape index (κ2) is 16.6. The van der Waals surface area contributed by atoms with E-state index in [0.29, 0.717) is 37.7 Å². The van der Waals surface area contributed by atoms with E-state index in [2.05, 4.69) is 13.5 Å². The summed E-state index contributed by atoms with van der Waals surface area (Å²) in [4.78, 5) is 22.9. The lowest BCUT2D eigenvalue weighted by atomic mass is 9.89. The van der Waals surface area contributed by atoms with Crippen LogP contribution >= 0.6 is 0 Å². The second-order valence-corrected chi connectivity index (χ2v) is 8.80. The average molecular weight is 467 g/mol. The van der Waals surface area contributed by atoms with Gasteiger partial charge in [-0.1, -0.05) is 57.1 Å². The van der Waals surface area contributed by atoms with Crippen LogP contribution in [-0.4, -0.2) is 58.8 Å². The predicted octanol–water partition coefficient (Wildman–Crippen LogP) is 3.62. The van der Waals surface area contributed by atoms with Gasteiger partial charge in [-0.15, -0.1) is 0 Å². The Hall–Kier alpha value is -1.96. The van der Waals surface area contributed by atoms with Gasteiger partial charge in [0.2, 0.25) is 0 Å². The Morgan fingerprint density at radius 2 is 1.82 bits per heavy atom. The molecule has 1 saturated carbocycles. The zero-order valence-corrected chi connectivity index (χ0v) is 20.2. The maximum absolute atomic E-state index is 11.7. The molecule has 1 aliphatic carbocycles. The Morgan fingerprint density at radius 3 is 2.52 bits per heavy atom. The van der Waals surface area contributed by atoms with Gasteiger partial charge in [-0.25, -0.2) is 4.79 Å². The van der Waals surface area contributed by atoms with Gasteiger partial charge in [0, 0.05) is 24.3 Å². The third-order valence-electron chi connectivity index (χ3n) is 5.83. The summed E-state index contributed by atoms with van der Waals surface area (Å²) in [5, 5.41) is 30.7. The Labute approximate surface area is 198 Å². The number of unbranched alkanes of at least 4 members (excludes halogenated alkanes) is 3. The first-order chi connectivity index (χ1) is 15.8. The van der Waals surface area contributed by atoms with Crippen molar-refractivity contribution >= 4 is 11.9 Å². The molecular formula is C26H42O7. The molecule has 0 aliphatic heterocycles. The summed E-state index contributed by atoms with van der Waals surface area (Å²) in [5.41, 5.74) is 0.301. The lowest BCUT2D eigenvalue weighted by molar-refractivity contribution is -0.150. The monoisotopic (exact) mass is 466 g/mol. The van der Waals surface area contributed by atoms with Crippen molar-refractivity contribution in [2.45, 2.75) is 89.9 Å². The van der Waals surface area contributed by atoms with E-state index >= 15 is 0 Å². The molecule has 1 fully saturated rings. The van der Waals surface area contributed by atoms with Gasteiger partial charge in [0.1, 0.15) is 13.2 Å². The molecule has 1 aliphatic rings. The average Bonchev–Trinajstić information content (AvgIpc) is 3.04. The van der Waals surface area contributed by atoms with Crippen molar-refractivity contribution in [3.63, 3.8) is 0 Å². The highest BCUT2D eigenvalue weighted by molar-refractivity contribution is 5.86. The molecule has 0 radical (unpaired) electrons. The van der Waals surface area contributed by atoms with E-state index in [9.17, 15) is 24.9 Å². The number of esters is 2. The summed E-state index contributed by atoms with van der Waals surface area (Å²) in [6.45, 7) is 7.18. The number of carbonyl (C=O) groups is 2. The van der Waals surface area contributed by atoms with Crippen molar-refractivity contribution in [3.05, 3.63) is 36.5 Å². The van der Waals surface area contributed by atoms with E-state index in [1.54, 1.807) is 13.0 Å². The Kier molecular flexibility index (Phi) is 14.6. The highest BCUT2D eigenvalue weighted by Crippen LogP contribution is 2.36. The standard InChI is InChI=1S/C26H42O7/c1-4-5-8-11-20(27)14-15-22-21(23(28)18-24(22)29)12-9-6-7-10-13-25(30)32-16-17-33-26(31)19(2)3/h6,9,14-15,20-24,27-29H,2,4-5,7-8,10-13,16-18H2,1,3H3/b9-6-,15-14+/t20-,21+,22+,23-,24+/m0/s1. The molecule has 5 atom stereocenters. The fourth-order valence-electron chi connectivity index (χ4n) is 3.88. The van der Waals surface area contributed by atoms with E-state index in [0.717, 1.165) is 19.3 Å².